The molecule has 0 bridgehead atoms. The van der Waals surface area contributed by atoms with Crippen LogP contribution in [0.25, 0.3) is 0 Å². The summed E-state index contributed by atoms with van der Waals surface area (Å²) in [7, 11) is 1.74. The highest BCUT2D eigenvalue weighted by Crippen LogP contribution is 1.97. The molecule has 12 heavy (non-hydrogen) atoms. The van der Waals surface area contributed by atoms with Crippen LogP contribution in [0.2, 0.25) is 0 Å². The maximum Gasteiger partial charge on any atom is 0.0589 e. The van der Waals surface area contributed by atoms with Crippen molar-refractivity contribution in [3.8, 4) is 0 Å². The first-order valence-corrected chi connectivity index (χ1v) is 4.65. The van der Waals surface area contributed by atoms with Crippen LogP contribution in [0.5, 0.6) is 0 Å². The van der Waals surface area contributed by atoms with E-state index in [1.165, 1.54) is 0 Å². The maximum atomic E-state index is 5.55. The minimum absolute atomic E-state index is 0.585. The van der Waals surface area contributed by atoms with E-state index < -0.39 is 0 Å². The first kappa shape index (κ1) is 11.9. The van der Waals surface area contributed by atoms with E-state index in [0.717, 1.165) is 32.8 Å². The lowest BCUT2D eigenvalue weighted by Crippen LogP contribution is -2.33. The lowest BCUT2D eigenvalue weighted by atomic mass is 10.2. The van der Waals surface area contributed by atoms with Gasteiger partial charge in [-0.25, -0.2) is 0 Å². The molecule has 0 aromatic carbocycles. The Morgan fingerprint density at radius 2 is 2.17 bits per heavy atom. The zero-order valence-electron chi connectivity index (χ0n) is 8.55. The normalized spacial score (nSPS) is 13.8. The predicted octanol–water partition coefficient (Wildman–Crippen LogP) is 0.550. The molecule has 0 rings (SSSR count). The summed E-state index contributed by atoms with van der Waals surface area (Å²) in [5, 5.41) is 0. The third-order valence-electron chi connectivity index (χ3n) is 2.03. The summed E-state index contributed by atoms with van der Waals surface area (Å²) in [6.07, 6.45) is 0. The molecule has 0 radical (unpaired) electrons. The molecule has 0 aliphatic rings. The predicted molar refractivity (Wildman–Crippen MR) is 52.2 cm³/mol. The molecule has 0 spiro atoms. The average molecular weight is 174 g/mol. The second-order valence-corrected chi connectivity index (χ2v) is 3.23. The number of nitrogens with zero attached hydrogens (tertiary/aromatic N) is 1. The van der Waals surface area contributed by atoms with Gasteiger partial charge in [-0.3, -0.25) is 0 Å². The van der Waals surface area contributed by atoms with E-state index in [1.807, 2.05) is 0 Å². The Labute approximate surface area is 75.9 Å². The fourth-order valence-corrected chi connectivity index (χ4v) is 1.11. The molecule has 0 aromatic rings. The summed E-state index contributed by atoms with van der Waals surface area (Å²) in [5.41, 5.74) is 5.55. The molecule has 3 heteroatoms. The van der Waals surface area contributed by atoms with Crippen LogP contribution >= 0.6 is 0 Å². The lowest BCUT2D eigenvalue weighted by Gasteiger charge is -2.22. The Hall–Kier alpha value is -0.120. The van der Waals surface area contributed by atoms with Gasteiger partial charge < -0.3 is 15.4 Å². The molecule has 0 aliphatic heterocycles. The number of rotatable bonds is 7. The Morgan fingerprint density at radius 3 is 2.58 bits per heavy atom. The third-order valence-corrected chi connectivity index (χ3v) is 2.03. The second kappa shape index (κ2) is 7.53. The van der Waals surface area contributed by atoms with Crippen LogP contribution in [0, 0.1) is 5.92 Å². The van der Waals surface area contributed by atoms with E-state index >= 15 is 0 Å². The Bertz CT molecular complexity index is 98.5. The molecule has 0 saturated heterocycles. The Kier molecular flexibility index (Phi) is 7.45. The van der Waals surface area contributed by atoms with E-state index in [4.69, 9.17) is 10.5 Å². The molecule has 2 N–H and O–H groups in total. The first-order chi connectivity index (χ1) is 5.74. The molecule has 0 fully saturated rings. The van der Waals surface area contributed by atoms with Crippen LogP contribution in [-0.4, -0.2) is 44.8 Å². The molecule has 1 atom stereocenters. The van der Waals surface area contributed by atoms with Crippen LogP contribution in [0.1, 0.15) is 13.8 Å². The van der Waals surface area contributed by atoms with Crippen molar-refractivity contribution in [2.24, 2.45) is 11.7 Å². The van der Waals surface area contributed by atoms with Crippen molar-refractivity contribution < 1.29 is 4.74 Å². The van der Waals surface area contributed by atoms with E-state index in [0.29, 0.717) is 5.92 Å². The summed E-state index contributed by atoms with van der Waals surface area (Å²) in [6.45, 7) is 9.09. The van der Waals surface area contributed by atoms with Gasteiger partial charge >= 0.3 is 0 Å². The molecule has 0 amide bonds. The number of ether oxygens (including phenoxy) is 1. The van der Waals surface area contributed by atoms with Gasteiger partial charge in [0.05, 0.1) is 6.61 Å². The molecule has 0 aliphatic carbocycles. The molecule has 0 heterocycles. The second-order valence-electron chi connectivity index (χ2n) is 3.23. The molecular formula is C9H22N2O. The topological polar surface area (TPSA) is 38.5 Å². The highest BCUT2D eigenvalue weighted by molar-refractivity contribution is 4.61. The number of hydrogen-bond acceptors (Lipinski definition) is 3. The van der Waals surface area contributed by atoms with E-state index in [2.05, 4.69) is 18.7 Å². The van der Waals surface area contributed by atoms with Gasteiger partial charge in [0, 0.05) is 20.2 Å². The average Bonchev–Trinajstić information content (AvgIpc) is 2.11. The minimum atomic E-state index is 0.585. The van der Waals surface area contributed by atoms with Crippen molar-refractivity contribution in [2.75, 3.05) is 39.9 Å². The van der Waals surface area contributed by atoms with Gasteiger partial charge in [-0.2, -0.15) is 0 Å². The first-order valence-electron chi connectivity index (χ1n) is 4.65. The molecule has 0 saturated carbocycles. The summed E-state index contributed by atoms with van der Waals surface area (Å²) < 4.78 is 5.02. The monoisotopic (exact) mass is 174 g/mol. The summed E-state index contributed by atoms with van der Waals surface area (Å²) >= 11 is 0. The summed E-state index contributed by atoms with van der Waals surface area (Å²) in [4.78, 5) is 2.36. The fraction of sp³-hybridized carbons (Fsp3) is 1.00. The largest absolute Gasteiger partial charge is 0.383 e. The maximum absolute atomic E-state index is 5.55. The van der Waals surface area contributed by atoms with Crippen LogP contribution in [0.4, 0.5) is 0 Å². The highest BCUT2D eigenvalue weighted by atomic mass is 16.5. The molecule has 1 unspecified atom stereocenters. The Balaban J connectivity index is 3.51. The lowest BCUT2D eigenvalue weighted by molar-refractivity contribution is 0.142. The SMILES string of the molecule is CCN(CCOC)CC(C)CN. The van der Waals surface area contributed by atoms with Crippen LogP contribution in [0.3, 0.4) is 0 Å². The highest BCUT2D eigenvalue weighted by Gasteiger charge is 2.05. The fourth-order valence-electron chi connectivity index (χ4n) is 1.11. The summed E-state index contributed by atoms with van der Waals surface area (Å²) in [6, 6.07) is 0. The molecular weight excluding hydrogens is 152 g/mol. The number of likely N-dealkylation sites (N-methyl/N-ethyl adjacent to an activating group) is 1. The van der Waals surface area contributed by atoms with Crippen LogP contribution in [0.15, 0.2) is 0 Å². The van der Waals surface area contributed by atoms with Gasteiger partial charge in [0.15, 0.2) is 0 Å². The molecule has 3 nitrogen and oxygen atoms in total. The van der Waals surface area contributed by atoms with Gasteiger partial charge in [0.2, 0.25) is 0 Å². The van der Waals surface area contributed by atoms with Crippen molar-refractivity contribution in [1.82, 2.24) is 4.90 Å². The quantitative estimate of drug-likeness (QED) is 0.612. The van der Waals surface area contributed by atoms with E-state index in [9.17, 15) is 0 Å². The molecule has 0 aromatic heterocycles. The van der Waals surface area contributed by atoms with Crippen molar-refractivity contribution in [3.63, 3.8) is 0 Å². The number of nitrogens with two attached hydrogens (primary N) is 1. The zero-order valence-corrected chi connectivity index (χ0v) is 8.55. The van der Waals surface area contributed by atoms with Gasteiger partial charge in [0.25, 0.3) is 0 Å². The van der Waals surface area contributed by atoms with Crippen molar-refractivity contribution in [2.45, 2.75) is 13.8 Å². The standard InChI is InChI=1S/C9H22N2O/c1-4-11(5-6-12-3)8-9(2)7-10/h9H,4-8,10H2,1-3H3. The number of hydrogen-bond donors (Lipinski definition) is 1. The van der Waals surface area contributed by atoms with Crippen molar-refractivity contribution in [1.29, 1.82) is 0 Å². The van der Waals surface area contributed by atoms with Gasteiger partial charge in [-0.1, -0.05) is 13.8 Å². The van der Waals surface area contributed by atoms with Gasteiger partial charge in [0.1, 0.15) is 0 Å². The van der Waals surface area contributed by atoms with Crippen molar-refractivity contribution in [3.05, 3.63) is 0 Å². The molecule has 74 valence electrons. The van der Waals surface area contributed by atoms with E-state index in [1.54, 1.807) is 7.11 Å². The van der Waals surface area contributed by atoms with Gasteiger partial charge in [-0.15, -0.1) is 0 Å². The van der Waals surface area contributed by atoms with Crippen LogP contribution < -0.4 is 5.73 Å². The minimum Gasteiger partial charge on any atom is -0.383 e. The smallest absolute Gasteiger partial charge is 0.0589 e. The van der Waals surface area contributed by atoms with E-state index in [-0.39, 0.29) is 0 Å². The van der Waals surface area contributed by atoms with Crippen LogP contribution in [-0.2, 0) is 4.74 Å². The zero-order chi connectivity index (χ0) is 9.40. The van der Waals surface area contributed by atoms with Crippen molar-refractivity contribution >= 4 is 0 Å². The van der Waals surface area contributed by atoms with Gasteiger partial charge in [-0.05, 0) is 19.0 Å². The number of methoxy groups -OCH3 is 1. The Morgan fingerprint density at radius 1 is 1.50 bits per heavy atom. The third kappa shape index (κ3) is 5.52. The summed E-state index contributed by atoms with van der Waals surface area (Å²) in [5.74, 6) is 0.585.